The highest BCUT2D eigenvalue weighted by Crippen LogP contribution is 2.36. The van der Waals surface area contributed by atoms with Crippen LogP contribution < -0.4 is 14.4 Å². The lowest BCUT2D eigenvalue weighted by atomic mass is 10.0. The van der Waals surface area contributed by atoms with E-state index >= 15 is 0 Å². The highest BCUT2D eigenvalue weighted by atomic mass is 16.5. The van der Waals surface area contributed by atoms with Gasteiger partial charge in [-0.25, -0.2) is 0 Å². The van der Waals surface area contributed by atoms with E-state index in [0.29, 0.717) is 28.3 Å². The molecule has 3 rings (SSSR count). The van der Waals surface area contributed by atoms with Gasteiger partial charge in [0, 0.05) is 19.8 Å². The van der Waals surface area contributed by atoms with Crippen molar-refractivity contribution < 1.29 is 19.1 Å². The Hall–Kier alpha value is -3.28. The first-order valence-electron chi connectivity index (χ1n) is 8.07. The van der Waals surface area contributed by atoms with Crippen molar-refractivity contribution in [3.05, 3.63) is 59.8 Å². The van der Waals surface area contributed by atoms with Crippen LogP contribution in [0.3, 0.4) is 0 Å². The van der Waals surface area contributed by atoms with E-state index in [-0.39, 0.29) is 11.8 Å². The number of hydrogen-bond donors (Lipinski definition) is 0. The second kappa shape index (κ2) is 6.92. The predicted octanol–water partition coefficient (Wildman–Crippen LogP) is 2.55. The minimum Gasteiger partial charge on any atom is -0.493 e. The Morgan fingerprint density at radius 1 is 0.885 bits per heavy atom. The van der Waals surface area contributed by atoms with Gasteiger partial charge in [0.05, 0.1) is 19.8 Å². The van der Waals surface area contributed by atoms with Gasteiger partial charge in [-0.3, -0.25) is 14.5 Å². The van der Waals surface area contributed by atoms with Crippen molar-refractivity contribution in [1.82, 2.24) is 4.90 Å². The number of nitrogens with zero attached hydrogens (tertiary/aromatic N) is 2. The molecule has 1 heterocycles. The van der Waals surface area contributed by atoms with Crippen LogP contribution in [0.4, 0.5) is 5.69 Å². The Balaban J connectivity index is 2.18. The van der Waals surface area contributed by atoms with Crippen molar-refractivity contribution >= 4 is 23.1 Å². The SMILES string of the molecule is COc1ccc(C2=C(N(C)c3ccccc3)C(=O)N(C)C2=O)cc1OC. The fourth-order valence-electron chi connectivity index (χ4n) is 2.97. The average molecular weight is 352 g/mol. The van der Waals surface area contributed by atoms with Gasteiger partial charge in [-0.15, -0.1) is 0 Å². The van der Waals surface area contributed by atoms with Gasteiger partial charge in [0.15, 0.2) is 11.5 Å². The standard InChI is InChI=1S/C20H20N2O4/c1-21(14-8-6-5-7-9-14)18-17(19(23)22(2)20(18)24)13-10-11-15(25-3)16(12-13)26-4/h5-12H,1-4H3. The molecule has 0 spiro atoms. The number of imide groups is 1. The van der Waals surface area contributed by atoms with Crippen LogP contribution in [0, 0.1) is 0 Å². The molecular formula is C20H20N2O4. The second-order valence-corrected chi connectivity index (χ2v) is 5.86. The van der Waals surface area contributed by atoms with E-state index in [9.17, 15) is 9.59 Å². The van der Waals surface area contributed by atoms with Crippen LogP contribution in [0.15, 0.2) is 54.2 Å². The maximum Gasteiger partial charge on any atom is 0.277 e. The van der Waals surface area contributed by atoms with E-state index in [2.05, 4.69) is 0 Å². The summed E-state index contributed by atoms with van der Waals surface area (Å²) in [6.07, 6.45) is 0. The molecule has 0 saturated carbocycles. The van der Waals surface area contributed by atoms with Gasteiger partial charge >= 0.3 is 0 Å². The lowest BCUT2D eigenvalue weighted by Gasteiger charge is -2.21. The van der Waals surface area contributed by atoms with Crippen molar-refractivity contribution in [2.24, 2.45) is 0 Å². The fraction of sp³-hybridized carbons (Fsp3) is 0.200. The van der Waals surface area contributed by atoms with Crippen LogP contribution in [0.1, 0.15) is 5.56 Å². The molecule has 0 fully saturated rings. The van der Waals surface area contributed by atoms with E-state index in [1.165, 1.54) is 14.2 Å². The average Bonchev–Trinajstić information content (AvgIpc) is 2.91. The first-order valence-corrected chi connectivity index (χ1v) is 8.07. The maximum absolute atomic E-state index is 12.8. The molecule has 2 aromatic rings. The number of hydrogen-bond acceptors (Lipinski definition) is 5. The second-order valence-electron chi connectivity index (χ2n) is 5.86. The van der Waals surface area contributed by atoms with Gasteiger partial charge in [-0.2, -0.15) is 0 Å². The molecule has 6 heteroatoms. The summed E-state index contributed by atoms with van der Waals surface area (Å²) in [6.45, 7) is 0. The molecule has 1 aliphatic heterocycles. The first kappa shape index (κ1) is 17.5. The lowest BCUT2D eigenvalue weighted by Crippen LogP contribution is -2.30. The summed E-state index contributed by atoms with van der Waals surface area (Å²) in [5.74, 6) is 0.361. The summed E-state index contributed by atoms with van der Waals surface area (Å²) >= 11 is 0. The molecule has 134 valence electrons. The van der Waals surface area contributed by atoms with Crippen molar-refractivity contribution in [2.45, 2.75) is 0 Å². The summed E-state index contributed by atoms with van der Waals surface area (Å²) in [5.41, 5.74) is 2.08. The number of amides is 2. The quantitative estimate of drug-likeness (QED) is 0.774. The Kier molecular flexibility index (Phi) is 4.67. The Labute approximate surface area is 152 Å². The Morgan fingerprint density at radius 3 is 2.15 bits per heavy atom. The van der Waals surface area contributed by atoms with Crippen LogP contribution in [0.5, 0.6) is 11.5 Å². The zero-order valence-electron chi connectivity index (χ0n) is 15.1. The molecular weight excluding hydrogens is 332 g/mol. The molecule has 0 bridgehead atoms. The van der Waals surface area contributed by atoms with Crippen LogP contribution in [-0.2, 0) is 9.59 Å². The van der Waals surface area contributed by atoms with Gasteiger partial charge in [-0.05, 0) is 29.8 Å². The maximum atomic E-state index is 12.8. The molecule has 2 amide bonds. The lowest BCUT2D eigenvalue weighted by molar-refractivity contribution is -0.135. The van der Waals surface area contributed by atoms with Crippen molar-refractivity contribution in [3.8, 4) is 11.5 Å². The third-order valence-electron chi connectivity index (χ3n) is 4.41. The highest BCUT2D eigenvalue weighted by molar-refractivity contribution is 6.36. The molecule has 2 aromatic carbocycles. The third-order valence-corrected chi connectivity index (χ3v) is 4.41. The van der Waals surface area contributed by atoms with E-state index in [1.54, 1.807) is 37.3 Å². The third kappa shape index (κ3) is 2.79. The fourth-order valence-corrected chi connectivity index (χ4v) is 2.97. The van der Waals surface area contributed by atoms with E-state index < -0.39 is 0 Å². The molecule has 0 N–H and O–H groups in total. The largest absolute Gasteiger partial charge is 0.493 e. The predicted molar refractivity (Wildman–Crippen MR) is 99.1 cm³/mol. The van der Waals surface area contributed by atoms with E-state index in [1.807, 2.05) is 30.3 Å². The summed E-state index contributed by atoms with van der Waals surface area (Å²) in [6, 6.07) is 14.6. The molecule has 0 saturated heterocycles. The van der Waals surface area contributed by atoms with Gasteiger partial charge in [0.2, 0.25) is 0 Å². The topological polar surface area (TPSA) is 59.1 Å². The number of carbonyl (C=O) groups is 2. The number of para-hydroxylation sites is 1. The number of ether oxygens (including phenoxy) is 2. The van der Waals surface area contributed by atoms with Crippen LogP contribution in [0.25, 0.3) is 5.57 Å². The normalized spacial score (nSPS) is 14.1. The Bertz CT molecular complexity index is 890. The summed E-state index contributed by atoms with van der Waals surface area (Å²) in [5, 5.41) is 0. The molecule has 0 aromatic heterocycles. The molecule has 0 atom stereocenters. The molecule has 26 heavy (non-hydrogen) atoms. The first-order chi connectivity index (χ1) is 12.5. The molecule has 0 aliphatic carbocycles. The zero-order chi connectivity index (χ0) is 18.8. The summed E-state index contributed by atoms with van der Waals surface area (Å²) < 4.78 is 10.6. The van der Waals surface area contributed by atoms with Crippen LogP contribution >= 0.6 is 0 Å². The summed E-state index contributed by atoms with van der Waals surface area (Å²) in [4.78, 5) is 28.4. The number of methoxy groups -OCH3 is 2. The molecule has 0 radical (unpaired) electrons. The van der Waals surface area contributed by atoms with Gasteiger partial charge < -0.3 is 14.4 Å². The number of rotatable bonds is 5. The zero-order valence-corrected chi connectivity index (χ0v) is 15.1. The van der Waals surface area contributed by atoms with Gasteiger partial charge in [-0.1, -0.05) is 24.3 Å². The van der Waals surface area contributed by atoms with Crippen molar-refractivity contribution in [2.75, 3.05) is 33.2 Å². The van der Waals surface area contributed by atoms with Gasteiger partial charge in [0.1, 0.15) is 5.70 Å². The monoisotopic (exact) mass is 352 g/mol. The van der Waals surface area contributed by atoms with Crippen molar-refractivity contribution in [1.29, 1.82) is 0 Å². The Morgan fingerprint density at radius 2 is 1.54 bits per heavy atom. The summed E-state index contributed by atoms with van der Waals surface area (Å²) in [7, 11) is 6.33. The molecule has 0 unspecified atom stereocenters. The number of anilines is 1. The number of carbonyl (C=O) groups excluding carboxylic acids is 2. The van der Waals surface area contributed by atoms with Crippen LogP contribution in [0.2, 0.25) is 0 Å². The smallest absolute Gasteiger partial charge is 0.277 e. The van der Waals surface area contributed by atoms with E-state index in [0.717, 1.165) is 10.6 Å². The van der Waals surface area contributed by atoms with Gasteiger partial charge in [0.25, 0.3) is 11.8 Å². The van der Waals surface area contributed by atoms with Crippen molar-refractivity contribution in [3.63, 3.8) is 0 Å². The van der Waals surface area contributed by atoms with Crippen LogP contribution in [-0.4, -0.2) is 45.0 Å². The van der Waals surface area contributed by atoms with E-state index in [4.69, 9.17) is 9.47 Å². The molecule has 6 nitrogen and oxygen atoms in total. The minimum atomic E-state index is -0.347. The highest BCUT2D eigenvalue weighted by Gasteiger charge is 2.39. The number of likely N-dealkylation sites (N-methyl/N-ethyl adjacent to an activating group) is 2. The minimum absolute atomic E-state index is 0.330. The molecule has 1 aliphatic rings. The number of benzene rings is 2.